The Bertz CT molecular complexity index is 1290. The first-order chi connectivity index (χ1) is 19.9. The molecule has 0 fully saturated rings. The quantitative estimate of drug-likeness (QED) is 0.169. The van der Waals surface area contributed by atoms with E-state index in [1.54, 1.807) is 36.4 Å². The van der Waals surface area contributed by atoms with E-state index in [2.05, 4.69) is 36.7 Å². The topological polar surface area (TPSA) is 113 Å². The van der Waals surface area contributed by atoms with Gasteiger partial charge in [-0.1, -0.05) is 45.0 Å². The van der Waals surface area contributed by atoms with Crippen molar-refractivity contribution in [3.05, 3.63) is 58.7 Å². The molecule has 0 saturated heterocycles. The van der Waals surface area contributed by atoms with Crippen molar-refractivity contribution in [1.82, 2.24) is 5.32 Å². The zero-order valence-electron chi connectivity index (χ0n) is 25.9. The molecule has 1 atom stereocenters. The van der Waals surface area contributed by atoms with Gasteiger partial charge in [-0.05, 0) is 12.1 Å². The Morgan fingerprint density at radius 2 is 1.43 bits per heavy atom. The van der Waals surface area contributed by atoms with Gasteiger partial charge in [0, 0.05) is 59.7 Å². The normalized spacial score (nSPS) is 13.4. The molecule has 1 unspecified atom stereocenters. The van der Waals surface area contributed by atoms with Crippen LogP contribution in [0.1, 0.15) is 71.9 Å². The lowest BCUT2D eigenvalue weighted by Crippen LogP contribution is -3.10. The number of nitrogens with one attached hydrogen (secondary N) is 5. The predicted octanol–water partition coefficient (Wildman–Crippen LogP) is 1.29. The van der Waals surface area contributed by atoms with E-state index in [4.69, 9.17) is 0 Å². The summed E-state index contributed by atoms with van der Waals surface area (Å²) in [5.41, 5.74) is 2.17. The van der Waals surface area contributed by atoms with Gasteiger partial charge in [0.25, 0.3) is 5.91 Å². The summed E-state index contributed by atoms with van der Waals surface area (Å²) < 4.78 is 0.182. The molecule has 3 rings (SSSR count). The van der Waals surface area contributed by atoms with Gasteiger partial charge in [-0.15, -0.1) is 0 Å². The second-order valence-corrected chi connectivity index (χ2v) is 14.1. The molecule has 2 aromatic rings. The van der Waals surface area contributed by atoms with E-state index < -0.39 is 0 Å². The van der Waals surface area contributed by atoms with Gasteiger partial charge in [0.15, 0.2) is 18.1 Å². The lowest BCUT2D eigenvalue weighted by atomic mass is 9.82. The highest BCUT2D eigenvalue weighted by molar-refractivity contribution is 8.00. The zero-order valence-corrected chi connectivity index (χ0v) is 26.7. The Morgan fingerprint density at radius 3 is 2.05 bits per heavy atom. The summed E-state index contributed by atoms with van der Waals surface area (Å²) in [5, 5.41) is 9.22. The first-order valence-electron chi connectivity index (χ1n) is 14.8. The molecule has 2 amide bonds. The first kappa shape index (κ1) is 33.3. The van der Waals surface area contributed by atoms with Crippen LogP contribution in [-0.4, -0.2) is 87.7 Å². The summed E-state index contributed by atoms with van der Waals surface area (Å²) in [4.78, 5) is 54.6. The number of benzene rings is 2. The predicted molar refractivity (Wildman–Crippen MR) is 170 cm³/mol. The van der Waals surface area contributed by atoms with E-state index >= 15 is 0 Å². The molecular formula is C32H47N5O4S+2. The molecular weight excluding hydrogens is 550 g/mol. The van der Waals surface area contributed by atoms with Crippen molar-refractivity contribution in [2.24, 2.45) is 0 Å². The van der Waals surface area contributed by atoms with Gasteiger partial charge in [-0.3, -0.25) is 19.2 Å². The van der Waals surface area contributed by atoms with Gasteiger partial charge in [0.2, 0.25) is 5.91 Å². The first-order valence-corrected chi connectivity index (χ1v) is 15.8. The highest BCUT2D eigenvalue weighted by Gasteiger charge is 2.34. The van der Waals surface area contributed by atoms with Crippen LogP contribution < -0.4 is 25.8 Å². The minimum atomic E-state index is -0.270. The third kappa shape index (κ3) is 9.68. The number of anilines is 2. The van der Waals surface area contributed by atoms with Crippen LogP contribution in [0.4, 0.5) is 11.4 Å². The Balaban J connectivity index is 1.64. The molecule has 42 heavy (non-hydrogen) atoms. The van der Waals surface area contributed by atoms with Crippen molar-refractivity contribution in [3.8, 4) is 0 Å². The minimum Gasteiger partial charge on any atom is -0.384 e. The molecule has 0 spiro atoms. The van der Waals surface area contributed by atoms with Crippen molar-refractivity contribution < 1.29 is 29.0 Å². The molecule has 0 bridgehead atoms. The average molecular weight is 598 g/mol. The second-order valence-electron chi connectivity index (χ2n) is 12.2. The van der Waals surface area contributed by atoms with Crippen LogP contribution in [0, 0.1) is 0 Å². The van der Waals surface area contributed by atoms with Crippen LogP contribution in [-0.2, 0) is 9.59 Å². The molecule has 228 valence electrons. The molecule has 9 nitrogen and oxygen atoms in total. The summed E-state index contributed by atoms with van der Waals surface area (Å²) >= 11 is 1.83. The SMILES string of the molecule is C[NH+](C)CCCC(=O)Nc1ccc(NCCC[NH+](C)CC(=O)NCCSC(C)(C)C)c2c1C(=O)c1ccccc1C2=O. The lowest BCUT2D eigenvalue weighted by Gasteiger charge is -2.24. The average Bonchev–Trinajstić information content (AvgIpc) is 2.91. The van der Waals surface area contributed by atoms with Crippen LogP contribution in [0.5, 0.6) is 0 Å². The molecule has 10 heteroatoms. The fourth-order valence-corrected chi connectivity index (χ4v) is 5.69. The van der Waals surface area contributed by atoms with E-state index in [-0.39, 0.29) is 33.7 Å². The standard InChI is InChI=1S/C32H45N5O4S/c1-32(2,3)42-20-17-34-27(39)21-37(6)19-10-16-33-24-14-15-25(35-26(38)13-9-18-36(4)5)29-28(24)30(40)22-11-7-8-12-23(22)31(29)41/h7-8,11-12,14-15,33H,9-10,13,16-21H2,1-6H3,(H,34,39)(H,35,38)/p+2. The third-order valence-electron chi connectivity index (χ3n) is 6.95. The van der Waals surface area contributed by atoms with E-state index in [0.29, 0.717) is 54.1 Å². The number of carbonyl (C=O) groups excluding carboxylic acids is 4. The number of amides is 2. The monoisotopic (exact) mass is 597 g/mol. The van der Waals surface area contributed by atoms with E-state index in [0.717, 1.165) is 36.6 Å². The molecule has 2 aromatic carbocycles. The van der Waals surface area contributed by atoms with Crippen molar-refractivity contribution in [1.29, 1.82) is 0 Å². The molecule has 5 N–H and O–H groups in total. The smallest absolute Gasteiger partial charge is 0.275 e. The maximum atomic E-state index is 13.6. The fraction of sp³-hybridized carbons (Fsp3) is 0.500. The van der Waals surface area contributed by atoms with Gasteiger partial charge >= 0.3 is 0 Å². The number of fused-ring (bicyclic) bond motifs is 2. The largest absolute Gasteiger partial charge is 0.384 e. The Morgan fingerprint density at radius 1 is 0.810 bits per heavy atom. The zero-order chi connectivity index (χ0) is 30.9. The summed E-state index contributed by atoms with van der Waals surface area (Å²) in [6, 6.07) is 10.3. The lowest BCUT2D eigenvalue weighted by molar-refractivity contribution is -0.871. The second kappa shape index (κ2) is 15.3. The van der Waals surface area contributed by atoms with Gasteiger partial charge in [-0.2, -0.15) is 11.8 Å². The molecule has 0 radical (unpaired) electrons. The summed E-state index contributed by atoms with van der Waals surface area (Å²) in [7, 11) is 6.06. The number of hydrogen-bond donors (Lipinski definition) is 5. The van der Waals surface area contributed by atoms with E-state index in [9.17, 15) is 19.2 Å². The molecule has 1 aliphatic rings. The van der Waals surface area contributed by atoms with Gasteiger partial charge in [-0.25, -0.2) is 0 Å². The number of quaternary nitrogens is 2. The Kier molecular flexibility index (Phi) is 12.1. The number of carbonyl (C=O) groups is 4. The molecule has 0 aliphatic heterocycles. The number of rotatable bonds is 15. The highest BCUT2D eigenvalue weighted by Crippen LogP contribution is 2.36. The number of likely N-dealkylation sites (N-methyl/N-ethyl adjacent to an activating group) is 1. The highest BCUT2D eigenvalue weighted by atomic mass is 32.2. The van der Waals surface area contributed by atoms with Gasteiger partial charge in [0.1, 0.15) is 0 Å². The van der Waals surface area contributed by atoms with Crippen LogP contribution in [0.15, 0.2) is 36.4 Å². The van der Waals surface area contributed by atoms with Crippen molar-refractivity contribution in [2.75, 3.05) is 70.3 Å². The van der Waals surface area contributed by atoms with E-state index in [1.807, 2.05) is 32.9 Å². The summed E-state index contributed by atoms with van der Waals surface area (Å²) in [5.74, 6) is 0.231. The molecule has 0 saturated carbocycles. The third-order valence-corrected chi connectivity index (χ3v) is 8.22. The van der Waals surface area contributed by atoms with Crippen LogP contribution in [0.25, 0.3) is 0 Å². The van der Waals surface area contributed by atoms with Crippen molar-refractivity contribution in [2.45, 2.75) is 44.8 Å². The maximum absolute atomic E-state index is 13.6. The van der Waals surface area contributed by atoms with Gasteiger partial charge in [0.05, 0.1) is 51.0 Å². The molecule has 1 aliphatic carbocycles. The van der Waals surface area contributed by atoms with Crippen molar-refractivity contribution >= 4 is 46.5 Å². The van der Waals surface area contributed by atoms with Gasteiger partial charge < -0.3 is 25.8 Å². The summed E-state index contributed by atoms with van der Waals surface area (Å²) in [6.45, 7) is 9.72. The van der Waals surface area contributed by atoms with Crippen LogP contribution in [0.3, 0.4) is 0 Å². The van der Waals surface area contributed by atoms with Crippen molar-refractivity contribution in [3.63, 3.8) is 0 Å². The molecule has 0 heterocycles. The minimum absolute atomic E-state index is 0.0346. The van der Waals surface area contributed by atoms with Crippen LogP contribution in [0.2, 0.25) is 0 Å². The number of thioether (sulfide) groups is 1. The number of ketones is 2. The molecule has 0 aromatic heterocycles. The Hall–Kier alpha value is -3.21. The Labute approximate surface area is 254 Å². The van der Waals surface area contributed by atoms with E-state index in [1.165, 1.54) is 4.90 Å². The fourth-order valence-electron chi connectivity index (χ4n) is 4.88. The van der Waals surface area contributed by atoms with Crippen LogP contribution >= 0.6 is 11.8 Å². The number of hydrogen-bond acceptors (Lipinski definition) is 6. The summed E-state index contributed by atoms with van der Waals surface area (Å²) in [6.07, 6.45) is 1.82. The maximum Gasteiger partial charge on any atom is 0.275 e.